The average molecular weight is 372 g/mol. The van der Waals surface area contributed by atoms with Crippen LogP contribution in [0.3, 0.4) is 0 Å². The zero-order chi connectivity index (χ0) is 19.4. The van der Waals surface area contributed by atoms with Crippen molar-refractivity contribution in [3.05, 3.63) is 83.6 Å². The lowest BCUT2D eigenvalue weighted by Gasteiger charge is -2.15. The van der Waals surface area contributed by atoms with E-state index in [1.807, 2.05) is 37.3 Å². The summed E-state index contributed by atoms with van der Waals surface area (Å²) in [6, 6.07) is 12.6. The van der Waals surface area contributed by atoms with Crippen LogP contribution >= 0.6 is 0 Å². The standard InChI is InChI=1S/C19H15F3N4O/c1-11(12-5-3-2-4-6-12)25-16-9-15(23-10-24-16)19(27)26-14-8-7-13(20)17(21)18(14)22/h2-11H,1H3,(H,26,27)(H,23,24,25). The summed E-state index contributed by atoms with van der Waals surface area (Å²) in [6.45, 7) is 1.92. The third-order valence-electron chi connectivity index (χ3n) is 3.85. The Morgan fingerprint density at radius 3 is 2.48 bits per heavy atom. The fourth-order valence-corrected chi connectivity index (χ4v) is 2.42. The van der Waals surface area contributed by atoms with Crippen LogP contribution in [0.5, 0.6) is 0 Å². The number of nitrogens with zero attached hydrogens (tertiary/aromatic N) is 2. The third-order valence-corrected chi connectivity index (χ3v) is 3.85. The minimum atomic E-state index is -1.66. The van der Waals surface area contributed by atoms with E-state index >= 15 is 0 Å². The summed E-state index contributed by atoms with van der Waals surface area (Å²) in [5.74, 6) is -4.87. The Kier molecular flexibility index (Phi) is 5.35. The highest BCUT2D eigenvalue weighted by molar-refractivity contribution is 6.03. The van der Waals surface area contributed by atoms with Crippen LogP contribution in [0, 0.1) is 17.5 Å². The molecule has 0 fully saturated rings. The fraction of sp³-hybridized carbons (Fsp3) is 0.105. The average Bonchev–Trinajstić information content (AvgIpc) is 2.69. The summed E-state index contributed by atoms with van der Waals surface area (Å²) in [5, 5.41) is 5.30. The van der Waals surface area contributed by atoms with Gasteiger partial charge in [0.2, 0.25) is 0 Å². The van der Waals surface area contributed by atoms with Crippen molar-refractivity contribution in [2.24, 2.45) is 0 Å². The van der Waals surface area contributed by atoms with Crippen LogP contribution < -0.4 is 10.6 Å². The molecule has 0 saturated heterocycles. The zero-order valence-electron chi connectivity index (χ0n) is 14.2. The van der Waals surface area contributed by atoms with Crippen LogP contribution in [-0.2, 0) is 0 Å². The van der Waals surface area contributed by atoms with Gasteiger partial charge in [-0.1, -0.05) is 30.3 Å². The van der Waals surface area contributed by atoms with Crippen LogP contribution in [-0.4, -0.2) is 15.9 Å². The number of anilines is 2. The number of carbonyl (C=O) groups excluding carboxylic acids is 1. The van der Waals surface area contributed by atoms with Crippen molar-refractivity contribution in [2.75, 3.05) is 10.6 Å². The van der Waals surface area contributed by atoms with Gasteiger partial charge in [-0.3, -0.25) is 4.79 Å². The van der Waals surface area contributed by atoms with Gasteiger partial charge in [0.1, 0.15) is 17.8 Å². The molecule has 0 aliphatic heterocycles. The summed E-state index contributed by atoms with van der Waals surface area (Å²) in [7, 11) is 0. The molecule has 3 aromatic rings. The first kappa shape index (κ1) is 18.4. The number of benzene rings is 2. The first-order valence-electron chi connectivity index (χ1n) is 8.04. The van der Waals surface area contributed by atoms with Gasteiger partial charge in [0, 0.05) is 12.1 Å². The van der Waals surface area contributed by atoms with E-state index < -0.39 is 29.0 Å². The molecular weight excluding hydrogens is 357 g/mol. The van der Waals surface area contributed by atoms with Crippen LogP contribution in [0.25, 0.3) is 0 Å². The molecule has 1 aromatic heterocycles. The Balaban J connectivity index is 1.75. The Labute approximate surface area is 153 Å². The maximum Gasteiger partial charge on any atom is 0.274 e. The Bertz CT molecular complexity index is 966. The molecule has 1 heterocycles. The van der Waals surface area contributed by atoms with E-state index in [9.17, 15) is 18.0 Å². The highest BCUT2D eigenvalue weighted by Gasteiger charge is 2.17. The third kappa shape index (κ3) is 4.22. The van der Waals surface area contributed by atoms with E-state index in [4.69, 9.17) is 0 Å². The molecule has 0 aliphatic rings. The fourth-order valence-electron chi connectivity index (χ4n) is 2.42. The van der Waals surface area contributed by atoms with Crippen molar-refractivity contribution in [2.45, 2.75) is 13.0 Å². The number of aromatic nitrogens is 2. The molecule has 3 rings (SSSR count). The smallest absolute Gasteiger partial charge is 0.274 e. The zero-order valence-corrected chi connectivity index (χ0v) is 14.2. The van der Waals surface area contributed by atoms with Gasteiger partial charge in [0.25, 0.3) is 5.91 Å². The molecule has 0 saturated carbocycles. The minimum absolute atomic E-state index is 0.0584. The van der Waals surface area contributed by atoms with E-state index in [1.165, 1.54) is 12.4 Å². The lowest BCUT2D eigenvalue weighted by molar-refractivity contribution is 0.102. The van der Waals surface area contributed by atoms with Crippen LogP contribution in [0.4, 0.5) is 24.7 Å². The number of nitrogens with one attached hydrogen (secondary N) is 2. The summed E-state index contributed by atoms with van der Waals surface area (Å²) in [6.07, 6.45) is 1.18. The van der Waals surface area contributed by atoms with E-state index in [0.717, 1.165) is 17.7 Å². The van der Waals surface area contributed by atoms with E-state index in [1.54, 1.807) is 0 Å². The normalized spacial score (nSPS) is 11.7. The molecule has 1 unspecified atom stereocenters. The maximum absolute atomic E-state index is 13.7. The van der Waals surface area contributed by atoms with Gasteiger partial charge in [-0.2, -0.15) is 0 Å². The molecule has 5 nitrogen and oxygen atoms in total. The predicted molar refractivity (Wildman–Crippen MR) is 94.8 cm³/mol. The Morgan fingerprint density at radius 2 is 1.74 bits per heavy atom. The molecule has 0 radical (unpaired) electrons. The maximum atomic E-state index is 13.7. The molecule has 2 N–H and O–H groups in total. The minimum Gasteiger partial charge on any atom is -0.363 e. The number of amides is 1. The van der Waals surface area contributed by atoms with Crippen molar-refractivity contribution in [3.8, 4) is 0 Å². The highest BCUT2D eigenvalue weighted by atomic mass is 19.2. The topological polar surface area (TPSA) is 66.9 Å². The van der Waals surface area contributed by atoms with E-state index in [2.05, 4.69) is 20.6 Å². The number of rotatable bonds is 5. The van der Waals surface area contributed by atoms with Gasteiger partial charge in [0.15, 0.2) is 17.5 Å². The lowest BCUT2D eigenvalue weighted by atomic mass is 10.1. The summed E-state index contributed by atoms with van der Waals surface area (Å²) in [4.78, 5) is 20.1. The molecule has 27 heavy (non-hydrogen) atoms. The SMILES string of the molecule is CC(Nc1cc(C(=O)Nc2ccc(F)c(F)c2F)ncn1)c1ccccc1. The van der Waals surface area contributed by atoms with Crippen molar-refractivity contribution < 1.29 is 18.0 Å². The van der Waals surface area contributed by atoms with Gasteiger partial charge < -0.3 is 10.6 Å². The van der Waals surface area contributed by atoms with Gasteiger partial charge in [-0.15, -0.1) is 0 Å². The molecule has 0 spiro atoms. The molecule has 2 aromatic carbocycles. The number of carbonyl (C=O) groups is 1. The van der Waals surface area contributed by atoms with Crippen molar-refractivity contribution in [1.29, 1.82) is 0 Å². The van der Waals surface area contributed by atoms with E-state index in [-0.39, 0.29) is 11.7 Å². The summed E-state index contributed by atoms with van der Waals surface area (Å²) >= 11 is 0. The predicted octanol–water partition coefficient (Wildman–Crippen LogP) is 4.32. The van der Waals surface area contributed by atoms with Crippen LogP contribution in [0.2, 0.25) is 0 Å². The summed E-state index contributed by atoms with van der Waals surface area (Å²) < 4.78 is 40.0. The number of hydrogen-bond acceptors (Lipinski definition) is 4. The monoisotopic (exact) mass is 372 g/mol. The largest absolute Gasteiger partial charge is 0.363 e. The van der Waals surface area contributed by atoms with Gasteiger partial charge >= 0.3 is 0 Å². The van der Waals surface area contributed by atoms with Gasteiger partial charge in [-0.05, 0) is 24.6 Å². The van der Waals surface area contributed by atoms with Crippen LogP contribution in [0.1, 0.15) is 29.0 Å². The van der Waals surface area contributed by atoms with Crippen molar-refractivity contribution in [1.82, 2.24) is 9.97 Å². The van der Waals surface area contributed by atoms with Crippen molar-refractivity contribution in [3.63, 3.8) is 0 Å². The second kappa shape index (κ2) is 7.86. The van der Waals surface area contributed by atoms with Gasteiger partial charge in [-0.25, -0.2) is 23.1 Å². The summed E-state index contributed by atoms with van der Waals surface area (Å²) in [5.41, 5.74) is 0.479. The number of halogens is 3. The molecule has 8 heteroatoms. The quantitative estimate of drug-likeness (QED) is 0.655. The Morgan fingerprint density at radius 1 is 1.00 bits per heavy atom. The second-order valence-electron chi connectivity index (χ2n) is 5.74. The molecule has 1 amide bonds. The molecule has 0 bridgehead atoms. The first-order valence-corrected chi connectivity index (χ1v) is 8.04. The first-order chi connectivity index (χ1) is 13.0. The molecule has 1 atom stereocenters. The van der Waals surface area contributed by atoms with Crippen molar-refractivity contribution >= 4 is 17.4 Å². The molecule has 138 valence electrons. The second-order valence-corrected chi connectivity index (χ2v) is 5.74. The van der Waals surface area contributed by atoms with Crippen LogP contribution in [0.15, 0.2) is 54.9 Å². The molecule has 0 aliphatic carbocycles. The highest BCUT2D eigenvalue weighted by Crippen LogP contribution is 2.21. The Hall–Kier alpha value is -3.42. The molecular formula is C19H15F3N4O. The lowest BCUT2D eigenvalue weighted by Crippen LogP contribution is -2.16. The number of hydrogen-bond donors (Lipinski definition) is 2. The van der Waals surface area contributed by atoms with E-state index in [0.29, 0.717) is 5.82 Å². The van der Waals surface area contributed by atoms with Gasteiger partial charge in [0.05, 0.1) is 5.69 Å².